The standard InChI is InChI=1S/C29H31Cl2N7O2/c1-18(2)11-25(27(39)32-14-19-7-9-22(30)10-8-19)35-26-13-24(21-16-34-29(40)38(3)17-21)36-28(37-26)33-15-20-5-4-6-23(31)12-20/h4-10,12-13,16-18,25H,11,14-15H2,1-3H3,(H,32,39)(H2,33,35,36,37)/t25-/m1/s1. The summed E-state index contributed by atoms with van der Waals surface area (Å²) in [6.45, 7) is 4.92. The number of nitrogens with zero attached hydrogens (tertiary/aromatic N) is 4. The number of carbonyl (C=O) groups is 1. The van der Waals surface area contributed by atoms with E-state index in [2.05, 4.69) is 44.7 Å². The van der Waals surface area contributed by atoms with Crippen LogP contribution >= 0.6 is 23.2 Å². The van der Waals surface area contributed by atoms with Gasteiger partial charge in [0.25, 0.3) is 0 Å². The molecule has 11 heteroatoms. The van der Waals surface area contributed by atoms with E-state index in [1.165, 1.54) is 10.8 Å². The molecule has 0 aliphatic heterocycles. The number of carbonyl (C=O) groups excluding carboxylic acids is 1. The van der Waals surface area contributed by atoms with E-state index in [-0.39, 0.29) is 17.5 Å². The second-order valence-corrected chi connectivity index (χ2v) is 10.7. The van der Waals surface area contributed by atoms with Gasteiger partial charge in [-0.2, -0.15) is 4.98 Å². The summed E-state index contributed by atoms with van der Waals surface area (Å²) in [5.41, 5.74) is 2.70. The molecule has 2 aromatic carbocycles. The van der Waals surface area contributed by atoms with Gasteiger partial charge in [-0.05, 0) is 47.7 Å². The average Bonchev–Trinajstić information content (AvgIpc) is 2.92. The van der Waals surface area contributed by atoms with Gasteiger partial charge in [-0.1, -0.05) is 61.3 Å². The number of amides is 1. The highest BCUT2D eigenvalue weighted by molar-refractivity contribution is 6.30. The van der Waals surface area contributed by atoms with E-state index in [9.17, 15) is 9.59 Å². The molecule has 1 amide bonds. The Morgan fingerprint density at radius 3 is 2.45 bits per heavy atom. The van der Waals surface area contributed by atoms with E-state index in [1.54, 1.807) is 31.4 Å². The molecule has 0 spiro atoms. The minimum atomic E-state index is -0.547. The van der Waals surface area contributed by atoms with Gasteiger partial charge >= 0.3 is 5.69 Å². The molecule has 0 fully saturated rings. The van der Waals surface area contributed by atoms with Gasteiger partial charge in [-0.25, -0.2) is 14.8 Å². The molecule has 4 aromatic rings. The number of hydrogen-bond acceptors (Lipinski definition) is 7. The molecule has 40 heavy (non-hydrogen) atoms. The van der Waals surface area contributed by atoms with Crippen LogP contribution in [-0.4, -0.2) is 31.5 Å². The lowest BCUT2D eigenvalue weighted by Gasteiger charge is -2.21. The fourth-order valence-electron chi connectivity index (χ4n) is 4.02. The van der Waals surface area contributed by atoms with Crippen LogP contribution in [0.2, 0.25) is 10.0 Å². The summed E-state index contributed by atoms with van der Waals surface area (Å²) in [7, 11) is 1.63. The van der Waals surface area contributed by atoms with E-state index >= 15 is 0 Å². The molecule has 0 unspecified atom stereocenters. The van der Waals surface area contributed by atoms with E-state index in [0.717, 1.165) is 11.1 Å². The van der Waals surface area contributed by atoms with Crippen LogP contribution in [0.3, 0.4) is 0 Å². The van der Waals surface area contributed by atoms with Crippen molar-refractivity contribution in [3.05, 3.63) is 98.6 Å². The molecule has 0 aliphatic rings. The quantitative estimate of drug-likeness (QED) is 0.221. The smallest absolute Gasteiger partial charge is 0.347 e. The molecule has 9 nitrogen and oxygen atoms in total. The largest absolute Gasteiger partial charge is 0.358 e. The topological polar surface area (TPSA) is 114 Å². The number of rotatable bonds is 11. The van der Waals surface area contributed by atoms with E-state index in [4.69, 9.17) is 23.2 Å². The molecule has 2 heterocycles. The molecule has 0 radical (unpaired) electrons. The first-order valence-electron chi connectivity index (χ1n) is 12.9. The summed E-state index contributed by atoms with van der Waals surface area (Å²) in [6, 6.07) is 16.0. The molecular weight excluding hydrogens is 549 g/mol. The van der Waals surface area contributed by atoms with E-state index in [0.29, 0.717) is 52.6 Å². The summed E-state index contributed by atoms with van der Waals surface area (Å²) < 4.78 is 1.38. The minimum absolute atomic E-state index is 0.152. The Hall–Kier alpha value is -3.95. The zero-order chi connectivity index (χ0) is 28.6. The zero-order valence-electron chi connectivity index (χ0n) is 22.5. The SMILES string of the molecule is CC(C)C[C@@H](Nc1cc(-c2cnc(=O)n(C)c2)nc(NCc2cccc(Cl)c2)n1)C(=O)NCc1ccc(Cl)cc1. The van der Waals surface area contributed by atoms with Crippen molar-refractivity contribution in [1.29, 1.82) is 0 Å². The molecule has 2 aromatic heterocycles. The first kappa shape index (κ1) is 29.0. The highest BCUT2D eigenvalue weighted by Crippen LogP contribution is 2.22. The third kappa shape index (κ3) is 8.27. The molecule has 4 rings (SSSR count). The van der Waals surface area contributed by atoms with Crippen LogP contribution in [0.4, 0.5) is 11.8 Å². The molecular formula is C29H31Cl2N7O2. The van der Waals surface area contributed by atoms with Gasteiger partial charge in [-0.15, -0.1) is 0 Å². The molecule has 208 valence electrons. The number of anilines is 2. The number of benzene rings is 2. The van der Waals surface area contributed by atoms with Gasteiger partial charge in [0, 0.05) is 54.2 Å². The summed E-state index contributed by atoms with van der Waals surface area (Å²) in [5, 5.41) is 10.8. The van der Waals surface area contributed by atoms with Crippen LogP contribution in [-0.2, 0) is 24.9 Å². The molecule has 0 bridgehead atoms. The van der Waals surface area contributed by atoms with Crippen molar-refractivity contribution in [1.82, 2.24) is 24.8 Å². The van der Waals surface area contributed by atoms with Gasteiger partial charge in [0.15, 0.2) is 0 Å². The third-order valence-electron chi connectivity index (χ3n) is 6.04. The Morgan fingerprint density at radius 2 is 1.75 bits per heavy atom. The second kappa shape index (κ2) is 13.4. The summed E-state index contributed by atoms with van der Waals surface area (Å²) in [5.74, 6) is 0.896. The number of nitrogens with one attached hydrogen (secondary N) is 3. The molecule has 1 atom stereocenters. The Balaban J connectivity index is 1.60. The number of hydrogen-bond donors (Lipinski definition) is 3. The maximum Gasteiger partial charge on any atom is 0.347 e. The lowest BCUT2D eigenvalue weighted by atomic mass is 10.0. The van der Waals surface area contributed by atoms with Crippen LogP contribution in [0, 0.1) is 5.92 Å². The van der Waals surface area contributed by atoms with Crippen molar-refractivity contribution in [2.45, 2.75) is 39.4 Å². The number of aromatic nitrogens is 4. The predicted molar refractivity (Wildman–Crippen MR) is 159 cm³/mol. The van der Waals surface area contributed by atoms with Crippen LogP contribution in [0.5, 0.6) is 0 Å². The highest BCUT2D eigenvalue weighted by atomic mass is 35.5. The molecule has 3 N–H and O–H groups in total. The highest BCUT2D eigenvalue weighted by Gasteiger charge is 2.21. The van der Waals surface area contributed by atoms with Crippen molar-refractivity contribution >= 4 is 40.9 Å². The third-order valence-corrected chi connectivity index (χ3v) is 6.52. The van der Waals surface area contributed by atoms with Crippen LogP contribution < -0.4 is 21.6 Å². The zero-order valence-corrected chi connectivity index (χ0v) is 24.0. The Bertz CT molecular complexity index is 1520. The van der Waals surface area contributed by atoms with Crippen molar-refractivity contribution < 1.29 is 4.79 Å². The Labute approximate surface area is 243 Å². The fraction of sp³-hybridized carbons (Fsp3) is 0.276. The average molecular weight is 581 g/mol. The summed E-state index contributed by atoms with van der Waals surface area (Å²) in [6.07, 6.45) is 3.71. The van der Waals surface area contributed by atoms with E-state index < -0.39 is 6.04 Å². The first-order valence-corrected chi connectivity index (χ1v) is 13.6. The van der Waals surface area contributed by atoms with Crippen molar-refractivity contribution in [3.63, 3.8) is 0 Å². The van der Waals surface area contributed by atoms with Crippen molar-refractivity contribution in [2.75, 3.05) is 10.6 Å². The lowest BCUT2D eigenvalue weighted by molar-refractivity contribution is -0.122. The predicted octanol–water partition coefficient (Wildman–Crippen LogP) is 5.30. The Kier molecular flexibility index (Phi) is 9.74. The van der Waals surface area contributed by atoms with E-state index in [1.807, 2.05) is 36.4 Å². The maximum absolute atomic E-state index is 13.3. The van der Waals surface area contributed by atoms with Gasteiger partial charge in [0.1, 0.15) is 11.9 Å². The van der Waals surface area contributed by atoms with Gasteiger partial charge in [-0.3, -0.25) is 4.79 Å². The number of halogens is 2. The van der Waals surface area contributed by atoms with Gasteiger partial charge in [0.2, 0.25) is 11.9 Å². The van der Waals surface area contributed by atoms with Crippen molar-refractivity contribution in [3.8, 4) is 11.3 Å². The lowest BCUT2D eigenvalue weighted by Crippen LogP contribution is -2.40. The second-order valence-electron chi connectivity index (χ2n) is 9.85. The summed E-state index contributed by atoms with van der Waals surface area (Å²) >= 11 is 12.1. The minimum Gasteiger partial charge on any atom is -0.358 e. The van der Waals surface area contributed by atoms with Crippen LogP contribution in [0.15, 0.2) is 71.8 Å². The molecule has 0 saturated carbocycles. The van der Waals surface area contributed by atoms with Crippen molar-refractivity contribution in [2.24, 2.45) is 13.0 Å². The van der Waals surface area contributed by atoms with Gasteiger partial charge in [0.05, 0.1) is 5.69 Å². The Morgan fingerprint density at radius 1 is 0.975 bits per heavy atom. The normalized spacial score (nSPS) is 11.8. The van der Waals surface area contributed by atoms with Crippen LogP contribution in [0.25, 0.3) is 11.3 Å². The molecule has 0 aliphatic carbocycles. The maximum atomic E-state index is 13.3. The monoisotopic (exact) mass is 579 g/mol. The van der Waals surface area contributed by atoms with Gasteiger partial charge < -0.3 is 20.5 Å². The fourth-order valence-corrected chi connectivity index (χ4v) is 4.36. The summed E-state index contributed by atoms with van der Waals surface area (Å²) in [4.78, 5) is 38.3. The first-order chi connectivity index (χ1) is 19.2. The van der Waals surface area contributed by atoms with Crippen LogP contribution in [0.1, 0.15) is 31.4 Å². The molecule has 0 saturated heterocycles. The number of aryl methyl sites for hydroxylation is 1.